The molecule has 27 heavy (non-hydrogen) atoms. The average Bonchev–Trinajstić information content (AvgIpc) is 3.29. The van der Waals surface area contributed by atoms with Crippen molar-refractivity contribution in [3.05, 3.63) is 60.6 Å². The average molecular weight is 380 g/mol. The van der Waals surface area contributed by atoms with Gasteiger partial charge in [-0.2, -0.15) is 0 Å². The standard InChI is InChI=1S/C20H20N4O2S/c1-2-18(19(25)21-10-8-14-6-4-3-5-7-14)27-20-16-12-17-15(9-11-26-17)24(16)13-22-23-20/h3-7,9,11-13,18H,2,8,10H2,1H3,(H,21,25)/t18-/m1/s1. The van der Waals surface area contributed by atoms with E-state index in [4.69, 9.17) is 4.42 Å². The van der Waals surface area contributed by atoms with Crippen LogP contribution in [0, 0.1) is 0 Å². The number of benzene rings is 1. The van der Waals surface area contributed by atoms with Crippen molar-refractivity contribution in [3.8, 4) is 0 Å². The van der Waals surface area contributed by atoms with E-state index in [1.807, 2.05) is 41.7 Å². The normalized spacial score (nSPS) is 12.5. The smallest absolute Gasteiger partial charge is 0.233 e. The van der Waals surface area contributed by atoms with Gasteiger partial charge in [-0.25, -0.2) is 0 Å². The van der Waals surface area contributed by atoms with E-state index >= 15 is 0 Å². The zero-order chi connectivity index (χ0) is 18.6. The molecule has 1 N–H and O–H groups in total. The van der Waals surface area contributed by atoms with Crippen LogP contribution in [0.1, 0.15) is 18.9 Å². The van der Waals surface area contributed by atoms with Gasteiger partial charge in [-0.1, -0.05) is 49.0 Å². The minimum absolute atomic E-state index is 0.0254. The minimum Gasteiger partial charge on any atom is -0.463 e. The molecule has 0 aliphatic rings. The lowest BCUT2D eigenvalue weighted by molar-refractivity contribution is -0.120. The lowest BCUT2D eigenvalue weighted by Gasteiger charge is -2.14. The van der Waals surface area contributed by atoms with Gasteiger partial charge in [-0.3, -0.25) is 9.20 Å². The molecule has 138 valence electrons. The van der Waals surface area contributed by atoms with Crippen LogP contribution in [0.15, 0.2) is 64.5 Å². The van der Waals surface area contributed by atoms with Crippen LogP contribution >= 0.6 is 11.8 Å². The largest absolute Gasteiger partial charge is 0.463 e. The number of nitrogens with one attached hydrogen (secondary N) is 1. The van der Waals surface area contributed by atoms with Crippen molar-refractivity contribution in [1.29, 1.82) is 0 Å². The summed E-state index contributed by atoms with van der Waals surface area (Å²) in [5, 5.41) is 11.9. The number of furan rings is 1. The summed E-state index contributed by atoms with van der Waals surface area (Å²) in [5.41, 5.74) is 3.85. The third-order valence-electron chi connectivity index (χ3n) is 4.47. The molecule has 1 amide bonds. The molecule has 0 unspecified atom stereocenters. The number of aromatic nitrogens is 3. The molecule has 0 fully saturated rings. The van der Waals surface area contributed by atoms with Crippen molar-refractivity contribution in [3.63, 3.8) is 0 Å². The van der Waals surface area contributed by atoms with Crippen molar-refractivity contribution in [2.45, 2.75) is 30.0 Å². The Labute approximate surface area is 161 Å². The highest BCUT2D eigenvalue weighted by Crippen LogP contribution is 2.30. The quantitative estimate of drug-likeness (QED) is 0.495. The Morgan fingerprint density at radius 2 is 2.11 bits per heavy atom. The molecular formula is C20H20N4O2S. The summed E-state index contributed by atoms with van der Waals surface area (Å²) in [7, 11) is 0. The fourth-order valence-corrected chi connectivity index (χ4v) is 4.04. The van der Waals surface area contributed by atoms with Gasteiger partial charge in [-0.15, -0.1) is 10.2 Å². The van der Waals surface area contributed by atoms with Gasteiger partial charge < -0.3 is 9.73 Å². The lowest BCUT2D eigenvalue weighted by atomic mass is 10.1. The summed E-state index contributed by atoms with van der Waals surface area (Å²) < 4.78 is 7.41. The Bertz CT molecular complexity index is 1060. The molecule has 0 aliphatic carbocycles. The van der Waals surface area contributed by atoms with E-state index in [1.165, 1.54) is 17.3 Å². The lowest BCUT2D eigenvalue weighted by Crippen LogP contribution is -2.33. The maximum Gasteiger partial charge on any atom is 0.233 e. The zero-order valence-electron chi connectivity index (χ0n) is 15.0. The van der Waals surface area contributed by atoms with Crippen LogP contribution in [0.5, 0.6) is 0 Å². The number of carbonyl (C=O) groups excluding carboxylic acids is 1. The van der Waals surface area contributed by atoms with Gasteiger partial charge in [0.05, 0.1) is 22.5 Å². The molecule has 0 spiro atoms. The Hall–Kier alpha value is -2.80. The van der Waals surface area contributed by atoms with Crippen LogP contribution in [0.3, 0.4) is 0 Å². The molecule has 7 heteroatoms. The number of nitrogens with zero attached hydrogens (tertiary/aromatic N) is 3. The fourth-order valence-electron chi connectivity index (χ4n) is 3.04. The van der Waals surface area contributed by atoms with Crippen LogP contribution in [0.4, 0.5) is 0 Å². The minimum atomic E-state index is -0.220. The van der Waals surface area contributed by atoms with Crippen LogP contribution in [-0.4, -0.2) is 32.3 Å². The van der Waals surface area contributed by atoms with Crippen molar-refractivity contribution in [2.75, 3.05) is 6.54 Å². The number of fused-ring (bicyclic) bond motifs is 3. The summed E-state index contributed by atoms with van der Waals surface area (Å²) in [6.45, 7) is 2.62. The van der Waals surface area contributed by atoms with E-state index in [0.29, 0.717) is 13.0 Å². The summed E-state index contributed by atoms with van der Waals surface area (Å²) in [5.74, 6) is 0.0254. The Balaban J connectivity index is 1.45. The highest BCUT2D eigenvalue weighted by atomic mass is 32.2. The third kappa shape index (κ3) is 3.68. The van der Waals surface area contributed by atoms with Gasteiger partial charge >= 0.3 is 0 Å². The van der Waals surface area contributed by atoms with E-state index in [1.54, 1.807) is 12.6 Å². The van der Waals surface area contributed by atoms with Crippen LogP contribution in [-0.2, 0) is 11.2 Å². The number of hydrogen-bond donors (Lipinski definition) is 1. The van der Waals surface area contributed by atoms with E-state index < -0.39 is 0 Å². The Kier molecular flexibility index (Phi) is 5.11. The van der Waals surface area contributed by atoms with Crippen molar-refractivity contribution < 1.29 is 9.21 Å². The number of carbonyl (C=O) groups is 1. The molecule has 0 saturated carbocycles. The highest BCUT2D eigenvalue weighted by Gasteiger charge is 2.21. The molecule has 0 saturated heterocycles. The Morgan fingerprint density at radius 1 is 1.26 bits per heavy atom. The number of thioether (sulfide) groups is 1. The molecule has 1 atom stereocenters. The SMILES string of the molecule is CC[C@@H](Sc1nncn2c1cc1occc12)C(=O)NCCc1ccccc1. The fraction of sp³-hybridized carbons (Fsp3) is 0.250. The van der Waals surface area contributed by atoms with Crippen molar-refractivity contribution >= 4 is 34.3 Å². The molecule has 0 bridgehead atoms. The predicted octanol–water partition coefficient (Wildman–Crippen LogP) is 3.71. The second-order valence-corrected chi connectivity index (χ2v) is 7.44. The van der Waals surface area contributed by atoms with Crippen molar-refractivity contribution in [2.24, 2.45) is 0 Å². The van der Waals surface area contributed by atoms with Gasteiger partial charge in [-0.05, 0) is 18.4 Å². The highest BCUT2D eigenvalue weighted by molar-refractivity contribution is 8.00. The van der Waals surface area contributed by atoms with E-state index in [9.17, 15) is 4.79 Å². The summed E-state index contributed by atoms with van der Waals surface area (Å²) in [6.07, 6.45) is 4.84. The molecule has 6 nitrogen and oxygen atoms in total. The van der Waals surface area contributed by atoms with Gasteiger partial charge in [0.15, 0.2) is 5.58 Å². The van der Waals surface area contributed by atoms with Gasteiger partial charge in [0.2, 0.25) is 5.91 Å². The summed E-state index contributed by atoms with van der Waals surface area (Å²) in [4.78, 5) is 12.6. The van der Waals surface area contributed by atoms with Gasteiger partial charge in [0.1, 0.15) is 11.4 Å². The Morgan fingerprint density at radius 3 is 2.93 bits per heavy atom. The summed E-state index contributed by atoms with van der Waals surface area (Å²) >= 11 is 1.44. The van der Waals surface area contributed by atoms with Gasteiger partial charge in [0.25, 0.3) is 0 Å². The van der Waals surface area contributed by atoms with E-state index in [2.05, 4.69) is 27.6 Å². The molecule has 0 radical (unpaired) electrons. The van der Waals surface area contributed by atoms with Crippen LogP contribution < -0.4 is 5.32 Å². The number of rotatable bonds is 7. The topological polar surface area (TPSA) is 72.4 Å². The first-order chi connectivity index (χ1) is 13.3. The third-order valence-corrected chi connectivity index (χ3v) is 5.81. The molecule has 4 aromatic rings. The maximum absolute atomic E-state index is 12.6. The summed E-state index contributed by atoms with van der Waals surface area (Å²) in [6, 6.07) is 14.0. The molecule has 0 aliphatic heterocycles. The maximum atomic E-state index is 12.6. The van der Waals surface area contributed by atoms with Crippen molar-refractivity contribution in [1.82, 2.24) is 19.9 Å². The van der Waals surface area contributed by atoms with Crippen LogP contribution in [0.2, 0.25) is 0 Å². The van der Waals surface area contributed by atoms with E-state index in [0.717, 1.165) is 28.1 Å². The van der Waals surface area contributed by atoms with Crippen LogP contribution in [0.25, 0.3) is 16.6 Å². The first kappa shape index (κ1) is 17.6. The second kappa shape index (κ2) is 7.84. The molecule has 3 aromatic heterocycles. The predicted molar refractivity (Wildman–Crippen MR) is 106 cm³/mol. The molecular weight excluding hydrogens is 360 g/mol. The van der Waals surface area contributed by atoms with Gasteiger partial charge in [0, 0.05) is 18.7 Å². The molecule has 1 aromatic carbocycles. The number of hydrogen-bond acceptors (Lipinski definition) is 5. The molecule has 4 rings (SSSR count). The second-order valence-electron chi connectivity index (χ2n) is 6.25. The first-order valence-electron chi connectivity index (χ1n) is 8.94. The van der Waals surface area contributed by atoms with E-state index in [-0.39, 0.29) is 11.2 Å². The monoisotopic (exact) mass is 380 g/mol. The molecule has 3 heterocycles. The zero-order valence-corrected chi connectivity index (χ0v) is 15.8. The number of amides is 1. The first-order valence-corrected chi connectivity index (χ1v) is 9.82.